The van der Waals surface area contributed by atoms with Crippen LogP contribution in [0.2, 0.25) is 0 Å². The molecule has 1 heterocycles. The molecule has 0 saturated heterocycles. The van der Waals surface area contributed by atoms with Gasteiger partial charge in [-0.1, -0.05) is 6.07 Å². The van der Waals surface area contributed by atoms with Gasteiger partial charge in [0.25, 0.3) is 0 Å². The lowest BCUT2D eigenvalue weighted by atomic mass is 10.1. The van der Waals surface area contributed by atoms with Crippen LogP contribution in [0.25, 0.3) is 22.6 Å². The minimum absolute atomic E-state index is 0.292. The number of nitrogens with one attached hydrogen (secondary N) is 1. The Balaban J connectivity index is 1.90. The van der Waals surface area contributed by atoms with Gasteiger partial charge in [-0.05, 0) is 57.4 Å². The van der Waals surface area contributed by atoms with E-state index in [1.807, 2.05) is 14.1 Å². The summed E-state index contributed by atoms with van der Waals surface area (Å²) in [7, 11) is 3.97. The first kappa shape index (κ1) is 19.2. The van der Waals surface area contributed by atoms with Crippen molar-refractivity contribution in [2.75, 3.05) is 32.5 Å². The number of oxazole rings is 1. The smallest absolute Gasteiger partial charge is 0.417 e. The first-order valence-corrected chi connectivity index (χ1v) is 8.41. The van der Waals surface area contributed by atoms with Gasteiger partial charge >= 0.3 is 6.18 Å². The van der Waals surface area contributed by atoms with Gasteiger partial charge in [-0.2, -0.15) is 13.2 Å². The molecule has 1 aromatic heterocycles. The highest BCUT2D eigenvalue weighted by Gasteiger charge is 2.36. The van der Waals surface area contributed by atoms with Crippen LogP contribution in [0.4, 0.5) is 23.2 Å². The Bertz CT molecular complexity index is 934. The van der Waals surface area contributed by atoms with Gasteiger partial charge in [0, 0.05) is 12.2 Å². The summed E-state index contributed by atoms with van der Waals surface area (Å²) in [4.78, 5) is 6.15. The molecule has 0 bridgehead atoms. The Morgan fingerprint density at radius 1 is 1.15 bits per heavy atom. The van der Waals surface area contributed by atoms with E-state index in [4.69, 9.17) is 4.42 Å². The molecule has 3 rings (SSSR count). The molecule has 0 radical (unpaired) electrons. The van der Waals surface area contributed by atoms with Crippen LogP contribution < -0.4 is 5.32 Å². The maximum absolute atomic E-state index is 14.1. The van der Waals surface area contributed by atoms with E-state index in [1.54, 1.807) is 18.2 Å². The molecule has 0 unspecified atom stereocenters. The Morgan fingerprint density at radius 2 is 1.93 bits per heavy atom. The van der Waals surface area contributed by atoms with E-state index in [9.17, 15) is 17.6 Å². The van der Waals surface area contributed by atoms with E-state index in [0.29, 0.717) is 11.1 Å². The minimum atomic E-state index is -4.71. The normalized spacial score (nSPS) is 12.1. The number of fused-ring (bicyclic) bond motifs is 1. The zero-order valence-electron chi connectivity index (χ0n) is 14.9. The number of aromatic nitrogens is 1. The number of alkyl halides is 3. The largest absolute Gasteiger partial charge is 0.436 e. The first-order chi connectivity index (χ1) is 12.8. The Kier molecular flexibility index (Phi) is 5.36. The van der Waals surface area contributed by atoms with Gasteiger partial charge in [0.05, 0.1) is 11.1 Å². The molecule has 27 heavy (non-hydrogen) atoms. The summed E-state index contributed by atoms with van der Waals surface area (Å²) in [5.74, 6) is -1.42. The molecule has 8 heteroatoms. The van der Waals surface area contributed by atoms with Gasteiger partial charge in [-0.25, -0.2) is 9.37 Å². The number of halogens is 4. The number of nitrogens with zero attached hydrogens (tertiary/aromatic N) is 2. The maximum Gasteiger partial charge on any atom is 0.417 e. The van der Waals surface area contributed by atoms with Gasteiger partial charge in [0.15, 0.2) is 5.58 Å². The van der Waals surface area contributed by atoms with Crippen LogP contribution in [0.5, 0.6) is 0 Å². The van der Waals surface area contributed by atoms with Crippen molar-refractivity contribution >= 4 is 16.8 Å². The minimum Gasteiger partial charge on any atom is -0.436 e. The van der Waals surface area contributed by atoms with E-state index >= 15 is 0 Å². The fourth-order valence-corrected chi connectivity index (χ4v) is 2.75. The van der Waals surface area contributed by atoms with Gasteiger partial charge < -0.3 is 14.6 Å². The SMILES string of the molecule is CN(C)CCCNc1ccc2oc(-c3c(F)cccc3C(F)(F)F)nc2c1. The summed E-state index contributed by atoms with van der Waals surface area (Å²) >= 11 is 0. The molecule has 0 amide bonds. The second-order valence-electron chi connectivity index (χ2n) is 6.45. The van der Waals surface area contributed by atoms with Crippen molar-refractivity contribution in [3.63, 3.8) is 0 Å². The summed E-state index contributed by atoms with van der Waals surface area (Å²) in [5.41, 5.74) is -0.373. The van der Waals surface area contributed by atoms with Crippen LogP contribution in [0.15, 0.2) is 40.8 Å². The summed E-state index contributed by atoms with van der Waals surface area (Å²) in [5, 5.41) is 3.23. The summed E-state index contributed by atoms with van der Waals surface area (Å²) < 4.78 is 59.2. The van der Waals surface area contributed by atoms with Crippen LogP contribution in [0.3, 0.4) is 0 Å². The lowest BCUT2D eigenvalue weighted by Gasteiger charge is -2.10. The van der Waals surface area contributed by atoms with E-state index < -0.39 is 23.1 Å². The third kappa shape index (κ3) is 4.39. The molecule has 0 atom stereocenters. The monoisotopic (exact) mass is 381 g/mol. The quantitative estimate of drug-likeness (QED) is 0.481. The molecule has 4 nitrogen and oxygen atoms in total. The fraction of sp³-hybridized carbons (Fsp3) is 0.316. The predicted octanol–water partition coefficient (Wildman–Crippen LogP) is 5.02. The molecule has 0 spiro atoms. The first-order valence-electron chi connectivity index (χ1n) is 8.41. The highest BCUT2D eigenvalue weighted by Crippen LogP contribution is 2.39. The molecule has 0 fully saturated rings. The number of benzene rings is 2. The van der Waals surface area contributed by atoms with Crippen LogP contribution in [-0.4, -0.2) is 37.1 Å². The summed E-state index contributed by atoms with van der Waals surface area (Å²) in [6, 6.07) is 7.81. The second kappa shape index (κ2) is 7.56. The summed E-state index contributed by atoms with van der Waals surface area (Å²) in [6.45, 7) is 1.66. The molecule has 1 N–H and O–H groups in total. The number of anilines is 1. The molecule has 144 valence electrons. The van der Waals surface area contributed by atoms with Crippen LogP contribution in [0, 0.1) is 5.82 Å². The van der Waals surface area contributed by atoms with Gasteiger partial charge in [-0.15, -0.1) is 0 Å². The van der Waals surface area contributed by atoms with Crippen molar-refractivity contribution in [1.82, 2.24) is 9.88 Å². The van der Waals surface area contributed by atoms with Gasteiger partial charge in [0.1, 0.15) is 11.3 Å². The number of rotatable bonds is 6. The van der Waals surface area contributed by atoms with E-state index in [2.05, 4.69) is 15.2 Å². The van der Waals surface area contributed by atoms with E-state index in [0.717, 1.165) is 43.4 Å². The molecule has 0 saturated carbocycles. The van der Waals surface area contributed by atoms with E-state index in [-0.39, 0.29) is 5.89 Å². The molecule has 0 aliphatic rings. The van der Waals surface area contributed by atoms with Crippen molar-refractivity contribution < 1.29 is 22.0 Å². The topological polar surface area (TPSA) is 41.3 Å². The van der Waals surface area contributed by atoms with Crippen LogP contribution in [0.1, 0.15) is 12.0 Å². The predicted molar refractivity (Wildman–Crippen MR) is 96.1 cm³/mol. The van der Waals surface area contributed by atoms with Crippen LogP contribution >= 0.6 is 0 Å². The molecule has 0 aliphatic heterocycles. The lowest BCUT2D eigenvalue weighted by Crippen LogP contribution is -2.16. The Labute approximate surface area is 153 Å². The Morgan fingerprint density at radius 3 is 2.63 bits per heavy atom. The fourth-order valence-electron chi connectivity index (χ4n) is 2.75. The molecule has 2 aromatic carbocycles. The van der Waals surface area contributed by atoms with Crippen molar-refractivity contribution in [2.24, 2.45) is 0 Å². The zero-order chi connectivity index (χ0) is 19.6. The van der Waals surface area contributed by atoms with E-state index in [1.165, 1.54) is 0 Å². The average molecular weight is 381 g/mol. The molecular formula is C19H19F4N3O. The van der Waals surface area contributed by atoms with Crippen molar-refractivity contribution in [3.8, 4) is 11.5 Å². The number of hydrogen-bond donors (Lipinski definition) is 1. The third-order valence-electron chi connectivity index (χ3n) is 4.03. The van der Waals surface area contributed by atoms with Gasteiger partial charge in [-0.3, -0.25) is 0 Å². The highest BCUT2D eigenvalue weighted by atomic mass is 19.4. The molecule has 3 aromatic rings. The standard InChI is InChI=1S/C19H19F4N3O/c1-26(2)10-4-9-24-12-7-8-16-15(11-12)25-18(27-16)17-13(19(21,22)23)5-3-6-14(17)20/h3,5-8,11,24H,4,9-10H2,1-2H3. The second-order valence-corrected chi connectivity index (χ2v) is 6.45. The third-order valence-corrected chi connectivity index (χ3v) is 4.03. The average Bonchev–Trinajstić information content (AvgIpc) is 3.00. The highest BCUT2D eigenvalue weighted by molar-refractivity contribution is 5.80. The zero-order valence-corrected chi connectivity index (χ0v) is 14.9. The van der Waals surface area contributed by atoms with Gasteiger partial charge in [0.2, 0.25) is 5.89 Å². The maximum atomic E-state index is 14.1. The van der Waals surface area contributed by atoms with Crippen molar-refractivity contribution in [1.29, 1.82) is 0 Å². The van der Waals surface area contributed by atoms with Crippen molar-refractivity contribution in [3.05, 3.63) is 47.8 Å². The molecular weight excluding hydrogens is 362 g/mol. The molecule has 0 aliphatic carbocycles. The lowest BCUT2D eigenvalue weighted by molar-refractivity contribution is -0.137. The Hall–Kier alpha value is -2.61. The number of hydrogen-bond acceptors (Lipinski definition) is 4. The summed E-state index contributed by atoms with van der Waals surface area (Å²) in [6.07, 6.45) is -3.78. The van der Waals surface area contributed by atoms with Crippen molar-refractivity contribution in [2.45, 2.75) is 12.6 Å². The van der Waals surface area contributed by atoms with Crippen LogP contribution in [-0.2, 0) is 6.18 Å².